The van der Waals surface area contributed by atoms with Crippen LogP contribution in [-0.2, 0) is 9.59 Å². The summed E-state index contributed by atoms with van der Waals surface area (Å²) in [6, 6.07) is 3.43. The maximum Gasteiger partial charge on any atom is 0.227 e. The quantitative estimate of drug-likeness (QED) is 0.826. The van der Waals surface area contributed by atoms with Gasteiger partial charge >= 0.3 is 0 Å². The fraction of sp³-hybridized carbons (Fsp3) is 0.600. The molecule has 1 saturated carbocycles. The Bertz CT molecular complexity index is 669. The molecule has 1 saturated heterocycles. The van der Waals surface area contributed by atoms with Crippen molar-refractivity contribution in [2.24, 2.45) is 11.8 Å². The fourth-order valence-electron chi connectivity index (χ4n) is 3.67. The molecule has 1 heterocycles. The highest BCUT2D eigenvalue weighted by atomic mass is 16.5. The predicted octanol–water partition coefficient (Wildman–Crippen LogP) is 2.69. The van der Waals surface area contributed by atoms with E-state index in [1.807, 2.05) is 4.90 Å². The van der Waals surface area contributed by atoms with E-state index in [4.69, 9.17) is 14.2 Å². The first-order valence-electron chi connectivity index (χ1n) is 9.47. The van der Waals surface area contributed by atoms with Crippen molar-refractivity contribution >= 4 is 17.5 Å². The Balaban J connectivity index is 1.60. The van der Waals surface area contributed by atoms with Crippen molar-refractivity contribution in [3.63, 3.8) is 0 Å². The maximum absolute atomic E-state index is 12.7. The minimum Gasteiger partial charge on any atom is -0.493 e. The second kappa shape index (κ2) is 8.50. The van der Waals surface area contributed by atoms with Crippen molar-refractivity contribution in [2.45, 2.75) is 32.1 Å². The SMILES string of the molecule is COc1cc(NC(=O)C2CCN(C(=O)C3CCC3)CC2)cc(OC)c1OC. The number of anilines is 1. The van der Waals surface area contributed by atoms with Crippen LogP contribution in [0.1, 0.15) is 32.1 Å². The Kier molecular flexibility index (Phi) is 6.08. The van der Waals surface area contributed by atoms with Gasteiger partial charge < -0.3 is 24.4 Å². The largest absolute Gasteiger partial charge is 0.493 e. The average Bonchev–Trinajstić information content (AvgIpc) is 2.65. The molecule has 0 spiro atoms. The van der Waals surface area contributed by atoms with Gasteiger partial charge in [0.1, 0.15) is 0 Å². The van der Waals surface area contributed by atoms with Crippen molar-refractivity contribution in [1.82, 2.24) is 4.90 Å². The lowest BCUT2D eigenvalue weighted by Crippen LogP contribution is -2.45. The van der Waals surface area contributed by atoms with E-state index in [9.17, 15) is 9.59 Å². The lowest BCUT2D eigenvalue weighted by Gasteiger charge is -2.36. The topological polar surface area (TPSA) is 77.1 Å². The van der Waals surface area contributed by atoms with Crippen LogP contribution in [0.2, 0.25) is 0 Å². The highest BCUT2D eigenvalue weighted by Crippen LogP contribution is 2.40. The summed E-state index contributed by atoms with van der Waals surface area (Å²) in [6.45, 7) is 1.31. The van der Waals surface area contributed by atoms with Gasteiger partial charge in [-0.15, -0.1) is 0 Å². The number of nitrogens with one attached hydrogen (secondary N) is 1. The third kappa shape index (κ3) is 4.12. The number of benzene rings is 1. The van der Waals surface area contributed by atoms with Crippen molar-refractivity contribution in [1.29, 1.82) is 0 Å². The summed E-state index contributed by atoms with van der Waals surface area (Å²) >= 11 is 0. The number of methoxy groups -OCH3 is 3. The summed E-state index contributed by atoms with van der Waals surface area (Å²) in [5.41, 5.74) is 0.600. The van der Waals surface area contributed by atoms with E-state index >= 15 is 0 Å². The molecule has 1 aromatic carbocycles. The number of hydrogen-bond acceptors (Lipinski definition) is 5. The minimum atomic E-state index is -0.102. The molecule has 148 valence electrons. The van der Waals surface area contributed by atoms with Crippen molar-refractivity contribution in [2.75, 3.05) is 39.7 Å². The Morgan fingerprint density at radius 3 is 1.96 bits per heavy atom. The van der Waals surface area contributed by atoms with Gasteiger partial charge in [0.25, 0.3) is 0 Å². The van der Waals surface area contributed by atoms with Crippen LogP contribution < -0.4 is 19.5 Å². The molecule has 1 aliphatic heterocycles. The molecule has 2 amide bonds. The van der Waals surface area contributed by atoms with Crippen LogP contribution in [0.4, 0.5) is 5.69 Å². The van der Waals surface area contributed by atoms with Gasteiger partial charge in [0.2, 0.25) is 17.6 Å². The number of carbonyl (C=O) groups is 2. The van der Waals surface area contributed by atoms with Crippen molar-refractivity contribution in [3.05, 3.63) is 12.1 Å². The number of amides is 2. The molecule has 1 aliphatic carbocycles. The van der Waals surface area contributed by atoms with E-state index in [0.29, 0.717) is 48.9 Å². The van der Waals surface area contributed by atoms with Gasteiger partial charge in [-0.3, -0.25) is 9.59 Å². The minimum absolute atomic E-state index is 0.0417. The Labute approximate surface area is 160 Å². The number of piperidine rings is 1. The molecule has 2 fully saturated rings. The van der Waals surface area contributed by atoms with Gasteiger partial charge in [0.05, 0.1) is 21.3 Å². The highest BCUT2D eigenvalue weighted by Gasteiger charge is 2.33. The number of rotatable bonds is 6. The molecule has 0 unspecified atom stereocenters. The first-order chi connectivity index (χ1) is 13.1. The van der Waals surface area contributed by atoms with Crippen LogP contribution in [0.25, 0.3) is 0 Å². The molecule has 7 heteroatoms. The van der Waals surface area contributed by atoms with Crippen LogP contribution in [0, 0.1) is 11.8 Å². The first-order valence-corrected chi connectivity index (χ1v) is 9.47. The monoisotopic (exact) mass is 376 g/mol. The van der Waals surface area contributed by atoms with E-state index in [1.165, 1.54) is 21.3 Å². The number of carbonyl (C=O) groups excluding carboxylic acids is 2. The van der Waals surface area contributed by atoms with Crippen LogP contribution >= 0.6 is 0 Å². The van der Waals surface area contributed by atoms with E-state index in [-0.39, 0.29) is 23.7 Å². The van der Waals surface area contributed by atoms with E-state index in [0.717, 1.165) is 19.3 Å². The second-order valence-corrected chi connectivity index (χ2v) is 7.13. The zero-order chi connectivity index (χ0) is 19.4. The maximum atomic E-state index is 12.7. The third-order valence-electron chi connectivity index (χ3n) is 5.56. The Hall–Kier alpha value is -2.44. The van der Waals surface area contributed by atoms with Crippen LogP contribution in [-0.4, -0.2) is 51.1 Å². The Morgan fingerprint density at radius 2 is 1.52 bits per heavy atom. The summed E-state index contributed by atoms with van der Waals surface area (Å²) in [5, 5.41) is 2.94. The molecule has 2 aliphatic rings. The summed E-state index contributed by atoms with van der Waals surface area (Å²) in [5.74, 6) is 1.82. The Morgan fingerprint density at radius 1 is 0.926 bits per heavy atom. The van der Waals surface area contributed by atoms with Crippen molar-refractivity contribution < 1.29 is 23.8 Å². The summed E-state index contributed by atoms with van der Waals surface area (Å²) < 4.78 is 16.0. The molecular formula is C20H28N2O5. The van der Waals surface area contributed by atoms with Crippen LogP contribution in [0.15, 0.2) is 12.1 Å². The number of ether oxygens (including phenoxy) is 3. The molecule has 27 heavy (non-hydrogen) atoms. The molecule has 3 rings (SSSR count). The number of nitrogens with zero attached hydrogens (tertiary/aromatic N) is 1. The molecule has 7 nitrogen and oxygen atoms in total. The molecule has 0 atom stereocenters. The fourth-order valence-corrected chi connectivity index (χ4v) is 3.67. The van der Waals surface area contributed by atoms with Crippen LogP contribution in [0.3, 0.4) is 0 Å². The smallest absolute Gasteiger partial charge is 0.227 e. The third-order valence-corrected chi connectivity index (χ3v) is 5.56. The van der Waals surface area contributed by atoms with E-state index in [2.05, 4.69) is 5.32 Å². The highest BCUT2D eigenvalue weighted by molar-refractivity contribution is 5.93. The average molecular weight is 376 g/mol. The molecule has 1 N–H and O–H groups in total. The van der Waals surface area contributed by atoms with Gasteiger partial charge in [-0.25, -0.2) is 0 Å². The summed E-state index contributed by atoms with van der Waals surface area (Å²) in [6.07, 6.45) is 4.56. The lowest BCUT2D eigenvalue weighted by atomic mass is 9.83. The molecular weight excluding hydrogens is 348 g/mol. The molecule has 1 aromatic rings. The normalized spacial score (nSPS) is 17.8. The lowest BCUT2D eigenvalue weighted by molar-refractivity contribution is -0.140. The van der Waals surface area contributed by atoms with Gasteiger partial charge in [-0.1, -0.05) is 6.42 Å². The molecule has 0 bridgehead atoms. The predicted molar refractivity (Wildman–Crippen MR) is 101 cm³/mol. The van der Waals surface area contributed by atoms with Gasteiger partial charge in [-0.2, -0.15) is 0 Å². The van der Waals surface area contributed by atoms with Crippen LogP contribution in [0.5, 0.6) is 17.2 Å². The zero-order valence-corrected chi connectivity index (χ0v) is 16.2. The summed E-state index contributed by atoms with van der Waals surface area (Å²) in [7, 11) is 4.62. The van der Waals surface area contributed by atoms with E-state index < -0.39 is 0 Å². The molecule has 0 aromatic heterocycles. The van der Waals surface area contributed by atoms with E-state index in [1.54, 1.807) is 12.1 Å². The van der Waals surface area contributed by atoms with Gasteiger partial charge in [0.15, 0.2) is 11.5 Å². The second-order valence-electron chi connectivity index (χ2n) is 7.13. The first kappa shape index (κ1) is 19.3. The standard InChI is InChI=1S/C20H28N2O5/c1-25-16-11-15(12-17(26-2)18(16)27-3)21-19(23)13-7-9-22(10-8-13)20(24)14-5-4-6-14/h11-14H,4-10H2,1-3H3,(H,21,23). The number of likely N-dealkylation sites (tertiary alicyclic amines) is 1. The summed E-state index contributed by atoms with van der Waals surface area (Å²) in [4.78, 5) is 26.9. The van der Waals surface area contributed by atoms with Crippen molar-refractivity contribution in [3.8, 4) is 17.2 Å². The molecule has 0 radical (unpaired) electrons. The zero-order valence-electron chi connectivity index (χ0n) is 16.2. The van der Waals surface area contributed by atoms with Gasteiger partial charge in [0, 0.05) is 42.7 Å². The number of hydrogen-bond donors (Lipinski definition) is 1. The van der Waals surface area contributed by atoms with Gasteiger partial charge in [-0.05, 0) is 25.7 Å².